The van der Waals surface area contributed by atoms with E-state index < -0.39 is 0 Å². The Hall–Kier alpha value is -1.56. The lowest BCUT2D eigenvalue weighted by Crippen LogP contribution is -1.93. The molecular formula is C19H22OS. The van der Waals surface area contributed by atoms with Crippen LogP contribution in [0.2, 0.25) is 0 Å². The standard InChI is InChI=1S/C19H22OS/c1-15-16(2)21-19(13-6-7-14-20)18(15)12-8-11-17-9-4-3-5-10-17/h3-5,9-10,20H,7-8,11-12,14H2,1-2H3. The van der Waals surface area contributed by atoms with E-state index in [9.17, 15) is 0 Å². The van der Waals surface area contributed by atoms with Gasteiger partial charge in [-0.2, -0.15) is 0 Å². The number of thiophene rings is 1. The minimum Gasteiger partial charge on any atom is -0.395 e. The van der Waals surface area contributed by atoms with E-state index in [2.05, 4.69) is 56.0 Å². The Morgan fingerprint density at radius 1 is 1.10 bits per heavy atom. The molecule has 2 rings (SSSR count). The highest BCUT2D eigenvalue weighted by Crippen LogP contribution is 2.28. The van der Waals surface area contributed by atoms with Gasteiger partial charge in [0.1, 0.15) is 0 Å². The highest BCUT2D eigenvalue weighted by atomic mass is 32.1. The van der Waals surface area contributed by atoms with E-state index in [1.54, 1.807) is 11.3 Å². The van der Waals surface area contributed by atoms with Crippen molar-refractivity contribution in [3.05, 3.63) is 56.8 Å². The highest BCUT2D eigenvalue weighted by Gasteiger charge is 2.10. The SMILES string of the molecule is Cc1sc(C#CCCO)c(CCCc2ccccc2)c1C. The van der Waals surface area contributed by atoms with E-state index in [1.807, 2.05) is 0 Å². The first-order chi connectivity index (χ1) is 10.2. The Morgan fingerprint density at radius 2 is 1.86 bits per heavy atom. The molecule has 0 atom stereocenters. The molecule has 1 aromatic heterocycles. The number of aliphatic hydroxyl groups is 1. The van der Waals surface area contributed by atoms with Crippen molar-refractivity contribution >= 4 is 11.3 Å². The van der Waals surface area contributed by atoms with E-state index in [1.165, 1.54) is 26.4 Å². The van der Waals surface area contributed by atoms with Crippen molar-refractivity contribution in [2.24, 2.45) is 0 Å². The van der Waals surface area contributed by atoms with Crippen molar-refractivity contribution in [2.75, 3.05) is 6.61 Å². The van der Waals surface area contributed by atoms with E-state index in [0.717, 1.165) is 19.3 Å². The average Bonchev–Trinajstić information content (AvgIpc) is 2.76. The average molecular weight is 298 g/mol. The molecule has 0 radical (unpaired) electrons. The van der Waals surface area contributed by atoms with Crippen LogP contribution in [-0.2, 0) is 12.8 Å². The second kappa shape index (κ2) is 8.02. The van der Waals surface area contributed by atoms with Crippen molar-refractivity contribution in [2.45, 2.75) is 39.5 Å². The quantitative estimate of drug-likeness (QED) is 0.817. The van der Waals surface area contributed by atoms with Gasteiger partial charge in [0, 0.05) is 11.3 Å². The Labute approximate surface area is 131 Å². The van der Waals surface area contributed by atoms with Crippen LogP contribution in [-0.4, -0.2) is 11.7 Å². The van der Waals surface area contributed by atoms with Crippen LogP contribution in [0.1, 0.15) is 39.3 Å². The fourth-order valence-corrected chi connectivity index (χ4v) is 3.47. The lowest BCUT2D eigenvalue weighted by Gasteiger charge is -2.03. The van der Waals surface area contributed by atoms with Crippen molar-refractivity contribution in [1.82, 2.24) is 0 Å². The number of aryl methyl sites for hydroxylation is 2. The summed E-state index contributed by atoms with van der Waals surface area (Å²) in [6, 6.07) is 10.6. The molecule has 1 aromatic carbocycles. The van der Waals surface area contributed by atoms with Crippen molar-refractivity contribution in [3.8, 4) is 11.8 Å². The predicted octanol–water partition coefficient (Wildman–Crippen LogP) is 4.27. The van der Waals surface area contributed by atoms with Crippen LogP contribution in [0.25, 0.3) is 0 Å². The second-order valence-corrected chi connectivity index (χ2v) is 6.43. The zero-order valence-electron chi connectivity index (χ0n) is 12.8. The lowest BCUT2D eigenvalue weighted by molar-refractivity contribution is 0.305. The largest absolute Gasteiger partial charge is 0.395 e. The Morgan fingerprint density at radius 3 is 2.57 bits per heavy atom. The summed E-state index contributed by atoms with van der Waals surface area (Å²) in [5, 5.41) is 8.84. The van der Waals surface area contributed by atoms with Crippen molar-refractivity contribution < 1.29 is 5.11 Å². The molecule has 1 nitrogen and oxygen atoms in total. The molecule has 1 heterocycles. The molecule has 0 fully saturated rings. The van der Waals surface area contributed by atoms with Gasteiger partial charge in [-0.25, -0.2) is 0 Å². The number of aliphatic hydroxyl groups excluding tert-OH is 1. The van der Waals surface area contributed by atoms with Gasteiger partial charge in [0.05, 0.1) is 11.5 Å². The zero-order chi connectivity index (χ0) is 15.1. The van der Waals surface area contributed by atoms with Crippen LogP contribution >= 0.6 is 11.3 Å². The lowest BCUT2D eigenvalue weighted by atomic mass is 10.0. The first-order valence-corrected chi connectivity index (χ1v) is 8.26. The summed E-state index contributed by atoms with van der Waals surface area (Å²) in [6.07, 6.45) is 3.89. The minimum atomic E-state index is 0.139. The molecule has 0 aliphatic carbocycles. The maximum absolute atomic E-state index is 8.84. The summed E-state index contributed by atoms with van der Waals surface area (Å²) in [6.45, 7) is 4.50. The van der Waals surface area contributed by atoms with Gasteiger partial charge in [-0.15, -0.1) is 11.3 Å². The van der Waals surface area contributed by atoms with Crippen LogP contribution in [0.4, 0.5) is 0 Å². The second-order valence-electron chi connectivity index (χ2n) is 5.21. The van der Waals surface area contributed by atoms with Crippen molar-refractivity contribution in [3.63, 3.8) is 0 Å². The van der Waals surface area contributed by atoms with Crippen LogP contribution in [0.15, 0.2) is 30.3 Å². The summed E-state index contributed by atoms with van der Waals surface area (Å²) in [7, 11) is 0. The molecule has 2 heteroatoms. The molecular weight excluding hydrogens is 276 g/mol. The number of hydrogen-bond donors (Lipinski definition) is 1. The monoisotopic (exact) mass is 298 g/mol. The molecule has 0 aliphatic heterocycles. The molecule has 0 saturated carbocycles. The van der Waals surface area contributed by atoms with Gasteiger partial charge in [0.2, 0.25) is 0 Å². The predicted molar refractivity (Wildman–Crippen MR) is 90.8 cm³/mol. The van der Waals surface area contributed by atoms with Crippen LogP contribution < -0.4 is 0 Å². The van der Waals surface area contributed by atoms with Gasteiger partial charge in [-0.3, -0.25) is 0 Å². The first-order valence-electron chi connectivity index (χ1n) is 7.45. The minimum absolute atomic E-state index is 0.139. The van der Waals surface area contributed by atoms with E-state index in [-0.39, 0.29) is 6.61 Å². The molecule has 0 aliphatic rings. The number of hydrogen-bond acceptors (Lipinski definition) is 2. The Bertz CT molecular complexity index is 629. The molecule has 0 spiro atoms. The van der Waals surface area contributed by atoms with Crippen LogP contribution in [0, 0.1) is 25.7 Å². The third-order valence-corrected chi connectivity index (χ3v) is 4.85. The normalized spacial score (nSPS) is 10.2. The number of rotatable bonds is 5. The zero-order valence-corrected chi connectivity index (χ0v) is 13.6. The van der Waals surface area contributed by atoms with Gasteiger partial charge in [-0.05, 0) is 49.8 Å². The van der Waals surface area contributed by atoms with Gasteiger partial charge in [0.25, 0.3) is 0 Å². The molecule has 2 aromatic rings. The summed E-state index contributed by atoms with van der Waals surface area (Å²) in [4.78, 5) is 2.55. The summed E-state index contributed by atoms with van der Waals surface area (Å²) >= 11 is 1.78. The molecule has 0 unspecified atom stereocenters. The van der Waals surface area contributed by atoms with E-state index in [4.69, 9.17) is 5.11 Å². The molecule has 110 valence electrons. The third-order valence-electron chi connectivity index (χ3n) is 3.68. The number of benzene rings is 1. The fraction of sp³-hybridized carbons (Fsp3) is 0.368. The third kappa shape index (κ3) is 4.46. The Balaban J connectivity index is 2.03. The maximum atomic E-state index is 8.84. The summed E-state index contributed by atoms with van der Waals surface area (Å²) in [5.41, 5.74) is 4.19. The highest BCUT2D eigenvalue weighted by molar-refractivity contribution is 7.12. The van der Waals surface area contributed by atoms with E-state index >= 15 is 0 Å². The van der Waals surface area contributed by atoms with Gasteiger partial charge in [-0.1, -0.05) is 42.2 Å². The fourth-order valence-electron chi connectivity index (χ4n) is 2.39. The molecule has 1 N–H and O–H groups in total. The van der Waals surface area contributed by atoms with Crippen LogP contribution in [0.5, 0.6) is 0 Å². The maximum Gasteiger partial charge on any atom is 0.0805 e. The Kier molecular flexibility index (Phi) is 6.04. The van der Waals surface area contributed by atoms with Crippen molar-refractivity contribution in [1.29, 1.82) is 0 Å². The first kappa shape index (κ1) is 15.8. The van der Waals surface area contributed by atoms with Gasteiger partial charge < -0.3 is 5.11 Å². The molecule has 0 saturated heterocycles. The van der Waals surface area contributed by atoms with E-state index in [0.29, 0.717) is 6.42 Å². The van der Waals surface area contributed by atoms with Gasteiger partial charge >= 0.3 is 0 Å². The smallest absolute Gasteiger partial charge is 0.0805 e. The topological polar surface area (TPSA) is 20.2 Å². The molecule has 0 bridgehead atoms. The summed E-state index contributed by atoms with van der Waals surface area (Å²) in [5.74, 6) is 6.28. The molecule has 21 heavy (non-hydrogen) atoms. The molecule has 0 amide bonds. The summed E-state index contributed by atoms with van der Waals surface area (Å²) < 4.78 is 0. The van der Waals surface area contributed by atoms with Gasteiger partial charge in [0.15, 0.2) is 0 Å². The van der Waals surface area contributed by atoms with Crippen LogP contribution in [0.3, 0.4) is 0 Å².